The van der Waals surface area contributed by atoms with Crippen molar-refractivity contribution in [1.29, 1.82) is 0 Å². The van der Waals surface area contributed by atoms with E-state index in [1.54, 1.807) is 18.2 Å². The molecule has 106 valence electrons. The summed E-state index contributed by atoms with van der Waals surface area (Å²) < 4.78 is 0. The minimum atomic E-state index is -0.207. The van der Waals surface area contributed by atoms with E-state index in [0.717, 1.165) is 6.42 Å². The van der Waals surface area contributed by atoms with E-state index < -0.39 is 0 Å². The molecule has 1 amide bonds. The first-order valence-corrected chi connectivity index (χ1v) is 7.02. The molecule has 1 aromatic carbocycles. The van der Waals surface area contributed by atoms with E-state index >= 15 is 0 Å². The molecule has 0 aliphatic rings. The number of phenolic OH excluding ortho intramolecular Hbond substituents is 1. The zero-order valence-electron chi connectivity index (χ0n) is 12.2. The maximum atomic E-state index is 12.0. The molecular weight excluding hydrogens is 238 g/mol. The molecule has 0 spiro atoms. The Balaban J connectivity index is 2.47. The third-order valence-corrected chi connectivity index (χ3v) is 3.33. The van der Waals surface area contributed by atoms with Gasteiger partial charge in [-0.2, -0.15) is 0 Å². The molecule has 0 saturated heterocycles. The summed E-state index contributed by atoms with van der Waals surface area (Å²) in [6.45, 7) is 7.14. The molecule has 0 heterocycles. The minimum Gasteiger partial charge on any atom is -0.507 e. The molecule has 0 unspecified atom stereocenters. The zero-order valence-corrected chi connectivity index (χ0v) is 12.2. The summed E-state index contributed by atoms with van der Waals surface area (Å²) in [5.41, 5.74) is 0.432. The van der Waals surface area contributed by atoms with Crippen molar-refractivity contribution in [3.63, 3.8) is 0 Å². The maximum absolute atomic E-state index is 12.0. The van der Waals surface area contributed by atoms with Crippen molar-refractivity contribution in [2.75, 3.05) is 6.54 Å². The summed E-state index contributed by atoms with van der Waals surface area (Å²) >= 11 is 0. The van der Waals surface area contributed by atoms with E-state index in [-0.39, 0.29) is 17.1 Å². The lowest BCUT2D eigenvalue weighted by molar-refractivity contribution is 0.0931. The van der Waals surface area contributed by atoms with Crippen LogP contribution in [0.1, 0.15) is 56.8 Å². The van der Waals surface area contributed by atoms with Gasteiger partial charge < -0.3 is 10.4 Å². The highest BCUT2D eigenvalue weighted by molar-refractivity contribution is 5.96. The van der Waals surface area contributed by atoms with Gasteiger partial charge in [-0.05, 0) is 24.0 Å². The Morgan fingerprint density at radius 1 is 1.26 bits per heavy atom. The largest absolute Gasteiger partial charge is 0.507 e. The molecular formula is C16H25NO2. The van der Waals surface area contributed by atoms with E-state index in [9.17, 15) is 9.90 Å². The van der Waals surface area contributed by atoms with Crippen LogP contribution >= 0.6 is 0 Å². The van der Waals surface area contributed by atoms with Crippen LogP contribution in [-0.4, -0.2) is 17.6 Å². The van der Waals surface area contributed by atoms with Crippen LogP contribution in [0.4, 0.5) is 0 Å². The van der Waals surface area contributed by atoms with Gasteiger partial charge in [0, 0.05) is 6.54 Å². The van der Waals surface area contributed by atoms with Gasteiger partial charge in [0.25, 0.3) is 5.91 Å². The molecule has 1 aromatic rings. The fourth-order valence-electron chi connectivity index (χ4n) is 2.02. The van der Waals surface area contributed by atoms with Gasteiger partial charge in [-0.3, -0.25) is 4.79 Å². The fraction of sp³-hybridized carbons (Fsp3) is 0.562. The molecule has 0 aliphatic carbocycles. The topological polar surface area (TPSA) is 49.3 Å². The van der Waals surface area contributed by atoms with Crippen molar-refractivity contribution >= 4 is 5.91 Å². The van der Waals surface area contributed by atoms with Gasteiger partial charge in [-0.1, -0.05) is 52.2 Å². The quantitative estimate of drug-likeness (QED) is 0.736. The predicted molar refractivity (Wildman–Crippen MR) is 78.4 cm³/mol. The standard InChI is InChI=1S/C16H25NO2/c1-4-5-8-11-16(2,3)12-17-15(19)13-9-6-7-10-14(13)18/h6-7,9-10,18H,4-5,8,11-12H2,1-3H3,(H,17,19). The number of carbonyl (C=O) groups is 1. The van der Waals surface area contributed by atoms with Gasteiger partial charge in [-0.25, -0.2) is 0 Å². The van der Waals surface area contributed by atoms with Crippen molar-refractivity contribution < 1.29 is 9.90 Å². The van der Waals surface area contributed by atoms with E-state index in [2.05, 4.69) is 26.1 Å². The van der Waals surface area contributed by atoms with Gasteiger partial charge in [0.2, 0.25) is 0 Å². The highest BCUT2D eigenvalue weighted by Crippen LogP contribution is 2.23. The van der Waals surface area contributed by atoms with Gasteiger partial charge >= 0.3 is 0 Å². The molecule has 1 rings (SSSR count). The van der Waals surface area contributed by atoms with Gasteiger partial charge in [0.05, 0.1) is 5.56 Å². The Hall–Kier alpha value is -1.51. The van der Waals surface area contributed by atoms with Crippen molar-refractivity contribution in [3.8, 4) is 5.75 Å². The first-order valence-electron chi connectivity index (χ1n) is 7.02. The second-order valence-corrected chi connectivity index (χ2v) is 5.82. The number of unbranched alkanes of at least 4 members (excludes halogenated alkanes) is 2. The van der Waals surface area contributed by atoms with Crippen molar-refractivity contribution in [3.05, 3.63) is 29.8 Å². The van der Waals surface area contributed by atoms with Crippen LogP contribution in [0.15, 0.2) is 24.3 Å². The zero-order chi connectivity index (χ0) is 14.3. The van der Waals surface area contributed by atoms with Crippen LogP contribution in [0.5, 0.6) is 5.75 Å². The van der Waals surface area contributed by atoms with Crippen LogP contribution in [0.2, 0.25) is 0 Å². The van der Waals surface area contributed by atoms with Crippen molar-refractivity contribution in [2.45, 2.75) is 46.5 Å². The van der Waals surface area contributed by atoms with Crippen molar-refractivity contribution in [1.82, 2.24) is 5.32 Å². The average molecular weight is 263 g/mol. The normalized spacial score (nSPS) is 11.3. The Morgan fingerprint density at radius 3 is 2.58 bits per heavy atom. The number of aromatic hydroxyl groups is 1. The monoisotopic (exact) mass is 263 g/mol. The molecule has 3 nitrogen and oxygen atoms in total. The van der Waals surface area contributed by atoms with Crippen LogP contribution in [0.25, 0.3) is 0 Å². The lowest BCUT2D eigenvalue weighted by Gasteiger charge is -2.25. The molecule has 0 saturated carbocycles. The molecule has 19 heavy (non-hydrogen) atoms. The van der Waals surface area contributed by atoms with Crippen LogP contribution in [0, 0.1) is 5.41 Å². The third-order valence-electron chi connectivity index (χ3n) is 3.33. The van der Waals surface area contributed by atoms with E-state index in [1.165, 1.54) is 25.3 Å². The Kier molecular flexibility index (Phi) is 5.87. The number of hydrogen-bond donors (Lipinski definition) is 2. The Morgan fingerprint density at radius 2 is 1.95 bits per heavy atom. The summed E-state index contributed by atoms with van der Waals surface area (Å²) in [4.78, 5) is 12.0. The van der Waals surface area contributed by atoms with Crippen LogP contribution in [-0.2, 0) is 0 Å². The van der Waals surface area contributed by atoms with Crippen LogP contribution < -0.4 is 5.32 Å². The average Bonchev–Trinajstić information content (AvgIpc) is 2.37. The smallest absolute Gasteiger partial charge is 0.255 e. The van der Waals surface area contributed by atoms with E-state index in [4.69, 9.17) is 0 Å². The molecule has 0 aliphatic heterocycles. The molecule has 2 N–H and O–H groups in total. The highest BCUT2D eigenvalue weighted by Gasteiger charge is 2.19. The third kappa shape index (κ3) is 5.33. The van der Waals surface area contributed by atoms with Crippen LogP contribution in [0.3, 0.4) is 0 Å². The summed E-state index contributed by atoms with van der Waals surface area (Å²) in [5.74, 6) is -0.176. The number of hydrogen-bond acceptors (Lipinski definition) is 2. The predicted octanol–water partition coefficient (Wildman–Crippen LogP) is 3.73. The number of para-hydroxylation sites is 1. The summed E-state index contributed by atoms with van der Waals surface area (Å²) in [6, 6.07) is 6.62. The number of rotatable bonds is 7. The number of benzene rings is 1. The molecule has 0 fully saturated rings. The first-order chi connectivity index (χ1) is 8.96. The molecule has 0 bridgehead atoms. The van der Waals surface area contributed by atoms with Gasteiger partial charge in [0.1, 0.15) is 5.75 Å². The highest BCUT2D eigenvalue weighted by atomic mass is 16.3. The maximum Gasteiger partial charge on any atom is 0.255 e. The number of phenols is 1. The van der Waals surface area contributed by atoms with E-state index in [1.807, 2.05) is 0 Å². The second kappa shape index (κ2) is 7.17. The first kappa shape index (κ1) is 15.5. The Bertz CT molecular complexity index is 413. The summed E-state index contributed by atoms with van der Waals surface area (Å²) in [7, 11) is 0. The molecule has 0 atom stereocenters. The number of carbonyl (C=O) groups excluding carboxylic acids is 1. The Labute approximate surface area is 116 Å². The number of amides is 1. The second-order valence-electron chi connectivity index (χ2n) is 5.82. The fourth-order valence-corrected chi connectivity index (χ4v) is 2.02. The van der Waals surface area contributed by atoms with Gasteiger partial charge in [0.15, 0.2) is 0 Å². The SMILES string of the molecule is CCCCCC(C)(C)CNC(=O)c1ccccc1O. The molecule has 0 radical (unpaired) electrons. The lowest BCUT2D eigenvalue weighted by atomic mass is 9.87. The van der Waals surface area contributed by atoms with E-state index in [0.29, 0.717) is 12.1 Å². The summed E-state index contributed by atoms with van der Waals surface area (Å²) in [6.07, 6.45) is 4.73. The molecule has 0 aromatic heterocycles. The lowest BCUT2D eigenvalue weighted by Crippen LogP contribution is -2.34. The molecule has 3 heteroatoms. The number of nitrogens with one attached hydrogen (secondary N) is 1. The minimum absolute atomic E-state index is 0.0313. The summed E-state index contributed by atoms with van der Waals surface area (Å²) in [5, 5.41) is 12.5. The van der Waals surface area contributed by atoms with Gasteiger partial charge in [-0.15, -0.1) is 0 Å². The van der Waals surface area contributed by atoms with Crippen molar-refractivity contribution in [2.24, 2.45) is 5.41 Å².